The topological polar surface area (TPSA) is 61.9 Å². The molecule has 2 rings (SSSR count). The van der Waals surface area contributed by atoms with Crippen LogP contribution in [0.5, 0.6) is 0 Å². The van der Waals surface area contributed by atoms with Gasteiger partial charge in [-0.25, -0.2) is 9.37 Å². The van der Waals surface area contributed by atoms with E-state index < -0.39 is 11.7 Å². The van der Waals surface area contributed by atoms with Crippen molar-refractivity contribution in [2.75, 3.05) is 7.05 Å². The summed E-state index contributed by atoms with van der Waals surface area (Å²) in [6.45, 7) is 0.213. The summed E-state index contributed by atoms with van der Waals surface area (Å²) in [5, 5.41) is 6.61. The normalized spacial score (nSPS) is 10.4. The fraction of sp³-hybridized carbons (Fsp3) is 0.182. The first-order valence-corrected chi connectivity index (χ1v) is 5.50. The van der Waals surface area contributed by atoms with Gasteiger partial charge in [-0.05, 0) is 18.2 Å². The lowest BCUT2D eigenvalue weighted by atomic mass is 10.2. The van der Waals surface area contributed by atoms with Crippen molar-refractivity contribution in [2.45, 2.75) is 6.54 Å². The molecule has 1 amide bonds. The predicted octanol–water partition coefficient (Wildman–Crippen LogP) is 1.87. The zero-order valence-electron chi connectivity index (χ0n) is 9.52. The third-order valence-corrected chi connectivity index (χ3v) is 2.59. The van der Waals surface area contributed by atoms with Crippen LogP contribution in [0.25, 0.3) is 0 Å². The number of carbonyl (C=O) groups is 1. The Kier molecular flexibility index (Phi) is 3.57. The molecule has 1 aromatic heterocycles. The molecule has 0 atom stereocenters. The first-order chi connectivity index (χ1) is 8.58. The van der Waals surface area contributed by atoms with Gasteiger partial charge >= 0.3 is 0 Å². The van der Waals surface area contributed by atoms with Crippen molar-refractivity contribution in [3.8, 4) is 0 Å². The number of rotatable bonds is 3. The van der Waals surface area contributed by atoms with E-state index in [9.17, 15) is 9.18 Å². The molecular formula is C11H10ClFN4O. The maximum atomic E-state index is 13.5. The number of aromatic nitrogens is 3. The summed E-state index contributed by atoms with van der Waals surface area (Å²) < 4.78 is 13.5. The summed E-state index contributed by atoms with van der Waals surface area (Å²) in [4.78, 5) is 17.2. The third-order valence-electron chi connectivity index (χ3n) is 2.36. The van der Waals surface area contributed by atoms with Gasteiger partial charge in [0.05, 0.1) is 12.1 Å². The number of nitrogens with one attached hydrogen (secondary N) is 1. The Balaban J connectivity index is 2.17. The van der Waals surface area contributed by atoms with E-state index in [1.807, 2.05) is 0 Å². The molecule has 0 spiro atoms. The Bertz CT molecular complexity index is 558. The van der Waals surface area contributed by atoms with Gasteiger partial charge in [-0.1, -0.05) is 11.6 Å². The van der Waals surface area contributed by atoms with E-state index in [0.717, 1.165) is 6.07 Å². The summed E-state index contributed by atoms with van der Waals surface area (Å²) in [6, 6.07) is 3.86. The third kappa shape index (κ3) is 2.65. The summed E-state index contributed by atoms with van der Waals surface area (Å²) >= 11 is 5.74. The molecule has 2 aromatic rings. The molecule has 0 aliphatic heterocycles. The first kappa shape index (κ1) is 12.5. The van der Waals surface area contributed by atoms with Crippen molar-refractivity contribution in [2.24, 2.45) is 0 Å². The maximum Gasteiger partial charge on any atom is 0.257 e. The van der Waals surface area contributed by atoms with Crippen LogP contribution in [0, 0.1) is 5.82 Å². The van der Waals surface area contributed by atoms with Crippen LogP contribution in [0.1, 0.15) is 16.2 Å². The van der Waals surface area contributed by atoms with Crippen LogP contribution in [0.4, 0.5) is 4.39 Å². The van der Waals surface area contributed by atoms with Crippen LogP contribution in [0.15, 0.2) is 24.5 Å². The van der Waals surface area contributed by atoms with Crippen LogP contribution < -0.4 is 0 Å². The summed E-state index contributed by atoms with van der Waals surface area (Å²) in [7, 11) is 1.55. The van der Waals surface area contributed by atoms with Crippen molar-refractivity contribution in [3.05, 3.63) is 46.8 Å². The van der Waals surface area contributed by atoms with Crippen molar-refractivity contribution in [1.29, 1.82) is 0 Å². The molecule has 0 saturated carbocycles. The summed E-state index contributed by atoms with van der Waals surface area (Å²) in [5.41, 5.74) is -0.0653. The Morgan fingerprint density at radius 3 is 3.00 bits per heavy atom. The van der Waals surface area contributed by atoms with Crippen LogP contribution in [-0.4, -0.2) is 33.0 Å². The van der Waals surface area contributed by atoms with Gasteiger partial charge in [0.25, 0.3) is 5.91 Å². The number of hydrogen-bond acceptors (Lipinski definition) is 3. The van der Waals surface area contributed by atoms with E-state index in [-0.39, 0.29) is 12.1 Å². The minimum Gasteiger partial charge on any atom is -0.334 e. The molecule has 1 N–H and O–H groups in total. The second-order valence-electron chi connectivity index (χ2n) is 3.72. The molecule has 0 aliphatic carbocycles. The lowest BCUT2D eigenvalue weighted by molar-refractivity contribution is 0.0777. The van der Waals surface area contributed by atoms with E-state index in [4.69, 9.17) is 11.6 Å². The highest BCUT2D eigenvalue weighted by Crippen LogP contribution is 2.16. The number of halogens is 2. The van der Waals surface area contributed by atoms with E-state index in [0.29, 0.717) is 10.8 Å². The number of carbonyl (C=O) groups excluding carboxylic acids is 1. The minimum atomic E-state index is -0.603. The molecule has 0 saturated heterocycles. The highest BCUT2D eigenvalue weighted by atomic mass is 35.5. The van der Waals surface area contributed by atoms with Gasteiger partial charge in [-0.2, -0.15) is 5.10 Å². The summed E-state index contributed by atoms with van der Waals surface area (Å²) in [6.07, 6.45) is 1.34. The zero-order valence-corrected chi connectivity index (χ0v) is 10.3. The molecule has 0 bridgehead atoms. The van der Waals surface area contributed by atoms with Gasteiger partial charge < -0.3 is 4.90 Å². The fourth-order valence-electron chi connectivity index (χ4n) is 1.47. The van der Waals surface area contributed by atoms with Gasteiger partial charge in [0.1, 0.15) is 18.0 Å². The number of hydrogen-bond donors (Lipinski definition) is 1. The van der Waals surface area contributed by atoms with Crippen LogP contribution in [0.2, 0.25) is 5.02 Å². The maximum absolute atomic E-state index is 13.5. The second-order valence-corrected chi connectivity index (χ2v) is 4.15. The van der Waals surface area contributed by atoms with E-state index >= 15 is 0 Å². The Morgan fingerprint density at radius 2 is 2.33 bits per heavy atom. The fourth-order valence-corrected chi connectivity index (χ4v) is 1.64. The number of H-pyrrole nitrogens is 1. The molecule has 0 aliphatic rings. The standard InChI is InChI=1S/C11H10ClFN4O/c1-17(5-10-14-6-15-16-10)11(18)8-4-7(12)2-3-9(8)13/h2-4,6H,5H2,1H3,(H,14,15,16). The van der Waals surface area contributed by atoms with E-state index in [1.165, 1.54) is 23.4 Å². The van der Waals surface area contributed by atoms with Gasteiger partial charge in [-0.3, -0.25) is 9.89 Å². The monoisotopic (exact) mass is 268 g/mol. The molecule has 94 valence electrons. The molecule has 1 heterocycles. The smallest absolute Gasteiger partial charge is 0.257 e. The van der Waals surface area contributed by atoms with Gasteiger partial charge in [0, 0.05) is 12.1 Å². The van der Waals surface area contributed by atoms with Crippen molar-refractivity contribution in [3.63, 3.8) is 0 Å². The molecule has 5 nitrogen and oxygen atoms in total. The molecule has 0 fully saturated rings. The van der Waals surface area contributed by atoms with Gasteiger partial charge in [-0.15, -0.1) is 0 Å². The minimum absolute atomic E-state index is 0.0653. The summed E-state index contributed by atoms with van der Waals surface area (Å²) in [5.74, 6) is -0.548. The molecule has 7 heteroatoms. The first-order valence-electron chi connectivity index (χ1n) is 5.12. The Labute approximate surface area is 108 Å². The highest BCUT2D eigenvalue weighted by Gasteiger charge is 2.17. The molecule has 18 heavy (non-hydrogen) atoms. The average molecular weight is 269 g/mol. The van der Waals surface area contributed by atoms with Crippen molar-refractivity contribution >= 4 is 17.5 Å². The van der Waals surface area contributed by atoms with Crippen molar-refractivity contribution in [1.82, 2.24) is 20.1 Å². The van der Waals surface area contributed by atoms with Crippen LogP contribution >= 0.6 is 11.6 Å². The largest absolute Gasteiger partial charge is 0.334 e. The van der Waals surface area contributed by atoms with Crippen LogP contribution in [0.3, 0.4) is 0 Å². The number of benzene rings is 1. The molecule has 0 radical (unpaired) electrons. The predicted molar refractivity (Wildman–Crippen MR) is 63.6 cm³/mol. The number of amides is 1. The van der Waals surface area contributed by atoms with Crippen LogP contribution in [-0.2, 0) is 6.54 Å². The Morgan fingerprint density at radius 1 is 1.56 bits per heavy atom. The molecule has 0 unspecified atom stereocenters. The Hall–Kier alpha value is -1.95. The highest BCUT2D eigenvalue weighted by molar-refractivity contribution is 6.30. The number of nitrogens with zero attached hydrogens (tertiary/aromatic N) is 3. The quantitative estimate of drug-likeness (QED) is 0.924. The van der Waals surface area contributed by atoms with Gasteiger partial charge in [0.15, 0.2) is 0 Å². The lowest BCUT2D eigenvalue weighted by Crippen LogP contribution is -2.27. The molecular weight excluding hydrogens is 259 g/mol. The zero-order chi connectivity index (χ0) is 13.1. The molecule has 1 aromatic carbocycles. The van der Waals surface area contributed by atoms with Crippen molar-refractivity contribution < 1.29 is 9.18 Å². The average Bonchev–Trinajstić information content (AvgIpc) is 2.84. The SMILES string of the molecule is CN(Cc1ncn[nH]1)C(=O)c1cc(Cl)ccc1F. The van der Waals surface area contributed by atoms with Gasteiger partial charge in [0.2, 0.25) is 0 Å². The van der Waals surface area contributed by atoms with E-state index in [2.05, 4.69) is 15.2 Å². The second kappa shape index (κ2) is 5.14. The van der Waals surface area contributed by atoms with E-state index in [1.54, 1.807) is 7.05 Å². The lowest BCUT2D eigenvalue weighted by Gasteiger charge is -2.16. The number of aromatic amines is 1.